The number of halogens is 1. The van der Waals surface area contributed by atoms with Gasteiger partial charge >= 0.3 is 6.09 Å². The van der Waals surface area contributed by atoms with Gasteiger partial charge in [-0.05, 0) is 55.6 Å². The van der Waals surface area contributed by atoms with Crippen LogP contribution in [0.25, 0.3) is 11.1 Å². The molecule has 3 saturated heterocycles. The molecule has 2 bridgehead atoms. The summed E-state index contributed by atoms with van der Waals surface area (Å²) in [6.45, 7) is 3.14. The third kappa shape index (κ3) is 3.72. The average molecular weight is 401 g/mol. The molecular weight excluding hydrogens is 380 g/mol. The van der Waals surface area contributed by atoms with Crippen molar-refractivity contribution in [2.24, 2.45) is 5.92 Å². The van der Waals surface area contributed by atoms with Crippen LogP contribution < -0.4 is 5.32 Å². The van der Waals surface area contributed by atoms with Gasteiger partial charge in [0.1, 0.15) is 6.10 Å². The van der Waals surface area contributed by atoms with Crippen LogP contribution in [0.2, 0.25) is 0 Å². The summed E-state index contributed by atoms with van der Waals surface area (Å²) in [6, 6.07) is 15.9. The first-order valence-electron chi connectivity index (χ1n) is 8.74. The zero-order valence-corrected chi connectivity index (χ0v) is 15.5. The average Bonchev–Trinajstić information content (AvgIpc) is 2.65. The molecule has 2 aromatic carbocycles. The zero-order valence-electron chi connectivity index (χ0n) is 14.0. The molecule has 1 amide bonds. The van der Waals surface area contributed by atoms with Crippen molar-refractivity contribution in [1.82, 2.24) is 4.90 Å². The highest BCUT2D eigenvalue weighted by Crippen LogP contribution is 2.32. The van der Waals surface area contributed by atoms with E-state index in [9.17, 15) is 4.79 Å². The Morgan fingerprint density at radius 1 is 1.12 bits per heavy atom. The van der Waals surface area contributed by atoms with Crippen molar-refractivity contribution >= 4 is 27.7 Å². The largest absolute Gasteiger partial charge is 0.444 e. The lowest BCUT2D eigenvalue weighted by molar-refractivity contribution is -0.0289. The van der Waals surface area contributed by atoms with Gasteiger partial charge in [0.15, 0.2) is 0 Å². The zero-order chi connectivity index (χ0) is 17.2. The fourth-order valence-corrected chi connectivity index (χ4v) is 4.16. The van der Waals surface area contributed by atoms with Crippen molar-refractivity contribution in [2.45, 2.75) is 18.9 Å². The Morgan fingerprint density at radius 2 is 1.88 bits per heavy atom. The molecule has 3 aliphatic heterocycles. The lowest BCUT2D eigenvalue weighted by atomic mass is 9.86. The van der Waals surface area contributed by atoms with Crippen molar-refractivity contribution in [2.75, 3.05) is 25.0 Å². The van der Waals surface area contributed by atoms with Gasteiger partial charge in [0.05, 0.1) is 5.69 Å². The summed E-state index contributed by atoms with van der Waals surface area (Å²) in [6.07, 6.45) is 1.91. The monoisotopic (exact) mass is 400 g/mol. The van der Waals surface area contributed by atoms with E-state index < -0.39 is 0 Å². The molecule has 1 N–H and O–H groups in total. The fraction of sp³-hybridized carbons (Fsp3) is 0.350. The first kappa shape index (κ1) is 16.6. The molecule has 4 nitrogen and oxygen atoms in total. The number of piperidine rings is 3. The molecule has 5 heteroatoms. The second kappa shape index (κ2) is 7.18. The summed E-state index contributed by atoms with van der Waals surface area (Å²) < 4.78 is 6.72. The van der Waals surface area contributed by atoms with Gasteiger partial charge in [-0.15, -0.1) is 0 Å². The van der Waals surface area contributed by atoms with E-state index >= 15 is 0 Å². The number of hydrogen-bond acceptors (Lipinski definition) is 3. The maximum atomic E-state index is 12.5. The van der Waals surface area contributed by atoms with Crippen molar-refractivity contribution < 1.29 is 9.53 Å². The smallest absolute Gasteiger partial charge is 0.411 e. The molecular formula is C20H21BrN2O2. The Bertz CT molecular complexity index is 758. The fourth-order valence-electron chi connectivity index (χ4n) is 3.80. The molecule has 5 rings (SSSR count). The molecule has 0 aliphatic carbocycles. The summed E-state index contributed by atoms with van der Waals surface area (Å²) in [5.74, 6) is 0.509. The first-order chi connectivity index (χ1) is 12.2. The molecule has 0 radical (unpaired) electrons. The lowest BCUT2D eigenvalue weighted by Gasteiger charge is -2.43. The minimum Gasteiger partial charge on any atom is -0.444 e. The molecule has 1 atom stereocenters. The number of carbonyl (C=O) groups excluding carboxylic acids is 1. The van der Waals surface area contributed by atoms with Crippen molar-refractivity contribution in [1.29, 1.82) is 0 Å². The van der Waals surface area contributed by atoms with E-state index in [1.807, 2.05) is 48.5 Å². The Morgan fingerprint density at radius 3 is 2.56 bits per heavy atom. The van der Waals surface area contributed by atoms with E-state index in [2.05, 4.69) is 26.1 Å². The maximum Gasteiger partial charge on any atom is 0.411 e. The molecule has 2 aromatic rings. The third-order valence-electron chi connectivity index (χ3n) is 5.16. The molecule has 3 heterocycles. The molecule has 0 unspecified atom stereocenters. The van der Waals surface area contributed by atoms with Gasteiger partial charge in [-0.2, -0.15) is 0 Å². The van der Waals surface area contributed by atoms with Crippen LogP contribution in [0.15, 0.2) is 53.0 Å². The van der Waals surface area contributed by atoms with Gasteiger partial charge in [-0.3, -0.25) is 10.2 Å². The van der Waals surface area contributed by atoms with Gasteiger partial charge in [0.2, 0.25) is 0 Å². The predicted octanol–water partition coefficient (Wildman–Crippen LogP) is 4.76. The number of nitrogens with one attached hydrogen (secondary N) is 1. The van der Waals surface area contributed by atoms with E-state index in [0.29, 0.717) is 5.92 Å². The van der Waals surface area contributed by atoms with Crippen LogP contribution in [-0.2, 0) is 4.74 Å². The van der Waals surface area contributed by atoms with E-state index in [1.54, 1.807) is 0 Å². The number of anilines is 1. The van der Waals surface area contributed by atoms with Crippen molar-refractivity contribution in [3.8, 4) is 11.1 Å². The third-order valence-corrected chi connectivity index (χ3v) is 5.65. The van der Waals surface area contributed by atoms with Crippen LogP contribution in [0, 0.1) is 5.92 Å². The standard InChI is InChI=1S/C20H21BrN2O2/c21-16-6-7-18(17(12-16)14-4-2-1-3-5-14)22-20(24)25-19-13-23-10-8-15(19)9-11-23/h1-7,12,15,19H,8-11,13H2,(H,22,24)/t19-/m0/s1. The number of amides is 1. The van der Waals surface area contributed by atoms with Crippen molar-refractivity contribution in [3.05, 3.63) is 53.0 Å². The minimum absolute atomic E-state index is 0.0122. The molecule has 0 saturated carbocycles. The van der Waals surface area contributed by atoms with Gasteiger partial charge in [0, 0.05) is 16.6 Å². The lowest BCUT2D eigenvalue weighted by Crippen LogP contribution is -2.52. The number of rotatable bonds is 3. The predicted molar refractivity (Wildman–Crippen MR) is 103 cm³/mol. The summed E-state index contributed by atoms with van der Waals surface area (Å²) in [5, 5.41) is 2.94. The molecule has 3 aliphatic rings. The van der Waals surface area contributed by atoms with Gasteiger partial charge in [0.25, 0.3) is 0 Å². The maximum absolute atomic E-state index is 12.5. The summed E-state index contributed by atoms with van der Waals surface area (Å²) in [4.78, 5) is 14.8. The highest BCUT2D eigenvalue weighted by atomic mass is 79.9. The van der Waals surface area contributed by atoms with E-state index in [4.69, 9.17) is 4.74 Å². The number of hydrogen-bond donors (Lipinski definition) is 1. The van der Waals surface area contributed by atoms with E-state index in [1.165, 1.54) is 0 Å². The van der Waals surface area contributed by atoms with Crippen LogP contribution in [-0.4, -0.2) is 36.7 Å². The SMILES string of the molecule is O=C(Nc1ccc(Br)cc1-c1ccccc1)O[C@H]1CN2CCC1CC2. The van der Waals surface area contributed by atoms with Crippen LogP contribution in [0.1, 0.15) is 12.8 Å². The molecule has 130 valence electrons. The van der Waals surface area contributed by atoms with Gasteiger partial charge in [-0.1, -0.05) is 46.3 Å². The first-order valence-corrected chi connectivity index (χ1v) is 9.53. The summed E-state index contributed by atoms with van der Waals surface area (Å²) >= 11 is 3.51. The van der Waals surface area contributed by atoms with Crippen LogP contribution in [0.3, 0.4) is 0 Å². The number of ether oxygens (including phenoxy) is 1. The number of nitrogens with zero attached hydrogens (tertiary/aromatic N) is 1. The molecule has 25 heavy (non-hydrogen) atoms. The van der Waals surface area contributed by atoms with Crippen LogP contribution >= 0.6 is 15.9 Å². The molecule has 3 fully saturated rings. The Kier molecular flexibility index (Phi) is 4.77. The number of fused-ring (bicyclic) bond motifs is 3. The van der Waals surface area contributed by atoms with Crippen LogP contribution in [0.5, 0.6) is 0 Å². The number of benzene rings is 2. The van der Waals surface area contributed by atoms with Crippen molar-refractivity contribution in [3.63, 3.8) is 0 Å². The molecule has 0 aromatic heterocycles. The second-order valence-electron chi connectivity index (χ2n) is 6.76. The molecule has 0 spiro atoms. The Hall–Kier alpha value is -1.85. The quantitative estimate of drug-likeness (QED) is 0.807. The number of carbonyl (C=O) groups is 1. The van der Waals surface area contributed by atoms with Crippen LogP contribution in [0.4, 0.5) is 10.5 Å². The summed E-state index contributed by atoms with van der Waals surface area (Å²) in [7, 11) is 0. The van der Waals surface area contributed by atoms with E-state index in [-0.39, 0.29) is 12.2 Å². The topological polar surface area (TPSA) is 41.6 Å². The second-order valence-corrected chi connectivity index (χ2v) is 7.68. The highest BCUT2D eigenvalue weighted by molar-refractivity contribution is 9.10. The minimum atomic E-state index is -0.363. The summed E-state index contributed by atoms with van der Waals surface area (Å²) in [5.41, 5.74) is 2.79. The Balaban J connectivity index is 1.50. The van der Waals surface area contributed by atoms with Gasteiger partial charge < -0.3 is 4.74 Å². The van der Waals surface area contributed by atoms with Gasteiger partial charge in [-0.25, -0.2) is 4.79 Å². The normalized spacial score (nSPS) is 24.8. The highest BCUT2D eigenvalue weighted by Gasteiger charge is 2.36. The van der Waals surface area contributed by atoms with E-state index in [0.717, 1.165) is 53.8 Å². The Labute approximate surface area is 156 Å².